The summed E-state index contributed by atoms with van der Waals surface area (Å²) in [5.74, 6) is 0.0743. The Labute approximate surface area is 185 Å². The fourth-order valence-electron chi connectivity index (χ4n) is 3.92. The predicted molar refractivity (Wildman–Crippen MR) is 125 cm³/mol. The van der Waals surface area contributed by atoms with Crippen molar-refractivity contribution in [3.05, 3.63) is 108 Å². The van der Waals surface area contributed by atoms with E-state index < -0.39 is 11.9 Å². The second kappa shape index (κ2) is 8.63. The van der Waals surface area contributed by atoms with Crippen LogP contribution in [0.25, 0.3) is 33.4 Å². The van der Waals surface area contributed by atoms with Gasteiger partial charge in [0.25, 0.3) is 0 Å². The maximum absolute atomic E-state index is 12.4. The summed E-state index contributed by atoms with van der Waals surface area (Å²) in [5.41, 5.74) is 3.42. The van der Waals surface area contributed by atoms with Gasteiger partial charge in [-0.05, 0) is 34.4 Å². The van der Waals surface area contributed by atoms with Gasteiger partial charge in [0.1, 0.15) is 0 Å². The van der Waals surface area contributed by atoms with Crippen LogP contribution >= 0.6 is 0 Å². The van der Waals surface area contributed by atoms with Crippen molar-refractivity contribution in [2.45, 2.75) is 0 Å². The molecule has 32 heavy (non-hydrogen) atoms. The second-order valence-electron chi connectivity index (χ2n) is 7.13. The van der Waals surface area contributed by atoms with E-state index in [0.717, 1.165) is 11.1 Å². The molecule has 0 heterocycles. The molecule has 4 aromatic rings. The summed E-state index contributed by atoms with van der Waals surface area (Å²) in [6.45, 7) is 0. The lowest BCUT2D eigenvalue weighted by molar-refractivity contribution is 0.0684. The first-order chi connectivity index (χ1) is 15.5. The Morgan fingerprint density at radius 2 is 1.19 bits per heavy atom. The van der Waals surface area contributed by atoms with Crippen LogP contribution in [0.1, 0.15) is 26.3 Å². The van der Waals surface area contributed by atoms with E-state index in [1.807, 2.05) is 60.7 Å². The van der Waals surface area contributed by atoms with E-state index >= 15 is 0 Å². The summed E-state index contributed by atoms with van der Waals surface area (Å²) in [4.78, 5) is 24.7. The molecule has 2 N–H and O–H groups in total. The Morgan fingerprint density at radius 1 is 0.625 bits per heavy atom. The summed E-state index contributed by atoms with van der Waals surface area (Å²) >= 11 is 0. The molecule has 0 atom stereocenters. The van der Waals surface area contributed by atoms with Crippen LogP contribution in [0.5, 0.6) is 0 Å². The van der Waals surface area contributed by atoms with Crippen LogP contribution in [0.3, 0.4) is 0 Å². The monoisotopic (exact) mass is 418 g/mol. The summed E-state index contributed by atoms with van der Waals surface area (Å²) in [5, 5.41) is 20.2. The van der Waals surface area contributed by atoms with Gasteiger partial charge in [0.05, 0.1) is 11.1 Å². The summed E-state index contributed by atoms with van der Waals surface area (Å²) in [7, 11) is 0. The molecule has 0 saturated carbocycles. The lowest BCUT2D eigenvalue weighted by Gasteiger charge is -2.20. The normalized spacial score (nSPS) is 10.3. The molecule has 0 aliphatic rings. The molecule has 0 bridgehead atoms. The third-order valence-corrected chi connectivity index (χ3v) is 5.29. The molecular weight excluding hydrogens is 400 g/mol. The lowest BCUT2D eigenvalue weighted by atomic mass is 9.82. The summed E-state index contributed by atoms with van der Waals surface area (Å²) in [6.07, 6.45) is 5.64. The number of carbonyl (C=O) groups is 2. The number of carboxylic acids is 2. The highest BCUT2D eigenvalue weighted by molar-refractivity contribution is 6.11. The molecule has 0 aromatic heterocycles. The van der Waals surface area contributed by atoms with Crippen molar-refractivity contribution in [1.82, 2.24) is 0 Å². The van der Waals surface area contributed by atoms with Gasteiger partial charge in [-0.15, -0.1) is 6.42 Å². The highest BCUT2D eigenvalue weighted by Gasteiger charge is 2.26. The van der Waals surface area contributed by atoms with Gasteiger partial charge in [-0.25, -0.2) is 9.59 Å². The molecule has 0 radical (unpaired) electrons. The molecule has 154 valence electrons. The Bertz CT molecular complexity index is 1360. The molecule has 4 heteroatoms. The fraction of sp³-hybridized carbons (Fsp3) is 0. The number of carboxylic acid groups (broad SMARTS) is 2. The first-order valence-electron chi connectivity index (χ1n) is 9.87. The molecule has 4 aromatic carbocycles. The standard InChI is InChI=1S/C28H18O4/c1-2-18-16-17-22(20-12-7-4-8-13-20)26(24(18)28(31)32)25-21(19-10-5-3-6-11-19)14-9-15-23(25)27(29)30/h1,3-17H,(H,29,30)(H,31,32). The maximum Gasteiger partial charge on any atom is 0.337 e. The predicted octanol–water partition coefficient (Wildman–Crippen LogP) is 6.07. The molecule has 0 unspecified atom stereocenters. The quantitative estimate of drug-likeness (QED) is 0.386. The Balaban J connectivity index is 2.23. The summed E-state index contributed by atoms with van der Waals surface area (Å²) in [6, 6.07) is 26.8. The van der Waals surface area contributed by atoms with Crippen molar-refractivity contribution in [1.29, 1.82) is 0 Å². The zero-order valence-electron chi connectivity index (χ0n) is 16.9. The van der Waals surface area contributed by atoms with Gasteiger partial charge >= 0.3 is 11.9 Å². The van der Waals surface area contributed by atoms with Crippen molar-refractivity contribution in [3.8, 4) is 45.7 Å². The van der Waals surface area contributed by atoms with Crippen molar-refractivity contribution in [3.63, 3.8) is 0 Å². The van der Waals surface area contributed by atoms with Gasteiger partial charge in [0, 0.05) is 16.7 Å². The van der Waals surface area contributed by atoms with Crippen LogP contribution in [-0.4, -0.2) is 22.2 Å². The maximum atomic E-state index is 12.4. The van der Waals surface area contributed by atoms with Crippen LogP contribution < -0.4 is 0 Å². The van der Waals surface area contributed by atoms with Gasteiger partial charge in [-0.1, -0.05) is 84.8 Å². The Kier molecular flexibility index (Phi) is 5.57. The minimum absolute atomic E-state index is 0.000190. The van der Waals surface area contributed by atoms with E-state index in [2.05, 4.69) is 5.92 Å². The van der Waals surface area contributed by atoms with Crippen molar-refractivity contribution < 1.29 is 19.8 Å². The number of rotatable bonds is 5. The third-order valence-electron chi connectivity index (χ3n) is 5.29. The first kappa shape index (κ1) is 20.6. The molecule has 0 saturated heterocycles. The zero-order chi connectivity index (χ0) is 22.7. The van der Waals surface area contributed by atoms with Crippen LogP contribution in [0.15, 0.2) is 91.0 Å². The minimum atomic E-state index is -1.22. The van der Waals surface area contributed by atoms with E-state index in [-0.39, 0.29) is 22.3 Å². The average molecular weight is 418 g/mol. The molecule has 0 amide bonds. The van der Waals surface area contributed by atoms with Crippen molar-refractivity contribution >= 4 is 11.9 Å². The van der Waals surface area contributed by atoms with E-state index in [4.69, 9.17) is 6.42 Å². The highest BCUT2D eigenvalue weighted by Crippen LogP contribution is 2.43. The first-order valence-corrected chi connectivity index (χ1v) is 9.87. The van der Waals surface area contributed by atoms with Crippen LogP contribution in [0.4, 0.5) is 0 Å². The number of aromatic carboxylic acids is 2. The third kappa shape index (κ3) is 3.64. The number of hydrogen-bond acceptors (Lipinski definition) is 2. The second-order valence-corrected chi connectivity index (χ2v) is 7.13. The molecule has 0 aliphatic heterocycles. The number of hydrogen-bond donors (Lipinski definition) is 2. The minimum Gasteiger partial charge on any atom is -0.478 e. The smallest absolute Gasteiger partial charge is 0.337 e. The Morgan fingerprint density at radius 3 is 1.69 bits per heavy atom. The summed E-state index contributed by atoms with van der Waals surface area (Å²) < 4.78 is 0. The molecular formula is C28H18O4. The average Bonchev–Trinajstić information content (AvgIpc) is 2.83. The van der Waals surface area contributed by atoms with Crippen molar-refractivity contribution in [2.24, 2.45) is 0 Å². The molecule has 0 aliphatic carbocycles. The van der Waals surface area contributed by atoms with Gasteiger partial charge < -0.3 is 10.2 Å². The van der Waals surface area contributed by atoms with Gasteiger partial charge in [0.2, 0.25) is 0 Å². The van der Waals surface area contributed by atoms with Gasteiger partial charge in [-0.2, -0.15) is 0 Å². The molecule has 0 spiro atoms. The Hall–Kier alpha value is -4.62. The van der Waals surface area contributed by atoms with Gasteiger partial charge in [0.15, 0.2) is 0 Å². The van der Waals surface area contributed by atoms with E-state index in [1.165, 1.54) is 6.07 Å². The SMILES string of the molecule is C#Cc1ccc(-c2ccccc2)c(-c2c(C(=O)O)cccc2-c2ccccc2)c1C(=O)O. The largest absolute Gasteiger partial charge is 0.478 e. The van der Waals surface area contributed by atoms with Crippen LogP contribution in [0, 0.1) is 12.3 Å². The topological polar surface area (TPSA) is 74.6 Å². The van der Waals surface area contributed by atoms with E-state index in [9.17, 15) is 19.8 Å². The molecule has 4 rings (SSSR count). The fourth-order valence-corrected chi connectivity index (χ4v) is 3.92. The lowest BCUT2D eigenvalue weighted by Crippen LogP contribution is -2.09. The van der Waals surface area contributed by atoms with Crippen LogP contribution in [-0.2, 0) is 0 Å². The highest BCUT2D eigenvalue weighted by atomic mass is 16.4. The van der Waals surface area contributed by atoms with Gasteiger partial charge in [-0.3, -0.25) is 0 Å². The van der Waals surface area contributed by atoms with E-state index in [0.29, 0.717) is 16.7 Å². The van der Waals surface area contributed by atoms with E-state index in [1.54, 1.807) is 24.3 Å². The molecule has 4 nitrogen and oxygen atoms in total. The zero-order valence-corrected chi connectivity index (χ0v) is 16.9. The molecule has 0 fully saturated rings. The number of terminal acetylenes is 1. The van der Waals surface area contributed by atoms with Crippen molar-refractivity contribution in [2.75, 3.05) is 0 Å². The number of benzene rings is 4. The van der Waals surface area contributed by atoms with Crippen LogP contribution in [0.2, 0.25) is 0 Å².